The van der Waals surface area contributed by atoms with E-state index in [0.717, 1.165) is 22.2 Å². The molecule has 1 fully saturated rings. The number of hydrogen-bond donors (Lipinski definition) is 1. The fourth-order valence-corrected chi connectivity index (χ4v) is 5.14. The Hall–Kier alpha value is -1.90. The summed E-state index contributed by atoms with van der Waals surface area (Å²) in [4.78, 5) is 17.3. The van der Waals surface area contributed by atoms with E-state index in [1.165, 1.54) is 39.1 Å². The zero-order chi connectivity index (χ0) is 19.4. The Labute approximate surface area is 164 Å². The summed E-state index contributed by atoms with van der Waals surface area (Å²) in [6.45, 7) is 0. The second-order valence-electron chi connectivity index (χ2n) is 6.65. The lowest BCUT2D eigenvalue weighted by Crippen LogP contribution is -2.22. The van der Waals surface area contributed by atoms with Gasteiger partial charge in [0.2, 0.25) is 10.0 Å². The molecule has 1 aliphatic carbocycles. The van der Waals surface area contributed by atoms with E-state index in [1.807, 2.05) is 0 Å². The Bertz CT molecular complexity index is 906. The van der Waals surface area contributed by atoms with Gasteiger partial charge in [0.05, 0.1) is 10.5 Å². The van der Waals surface area contributed by atoms with Crippen LogP contribution in [-0.2, 0) is 10.0 Å². The fourth-order valence-electron chi connectivity index (χ4n) is 2.94. The summed E-state index contributed by atoms with van der Waals surface area (Å²) in [5.74, 6) is -0.244. The summed E-state index contributed by atoms with van der Waals surface area (Å²) in [6, 6.07) is 9.68. The van der Waals surface area contributed by atoms with Gasteiger partial charge in [-0.15, -0.1) is 11.8 Å². The molecule has 0 bridgehead atoms. The quantitative estimate of drug-likeness (QED) is 0.794. The molecule has 1 aliphatic rings. The maximum Gasteiger partial charge on any atom is 0.258 e. The molecule has 0 radical (unpaired) electrons. The van der Waals surface area contributed by atoms with Crippen molar-refractivity contribution in [1.82, 2.24) is 9.29 Å². The van der Waals surface area contributed by atoms with E-state index in [1.54, 1.807) is 42.2 Å². The molecule has 27 heavy (non-hydrogen) atoms. The molecule has 0 spiro atoms. The maximum atomic E-state index is 12.7. The first-order valence-electron chi connectivity index (χ1n) is 8.83. The number of benzene rings is 1. The lowest BCUT2D eigenvalue weighted by Gasteiger charge is -2.13. The van der Waals surface area contributed by atoms with Gasteiger partial charge in [-0.2, -0.15) is 0 Å². The van der Waals surface area contributed by atoms with Crippen LogP contribution in [0.3, 0.4) is 0 Å². The van der Waals surface area contributed by atoms with Crippen molar-refractivity contribution in [1.29, 1.82) is 0 Å². The summed E-state index contributed by atoms with van der Waals surface area (Å²) in [7, 11) is -0.521. The second kappa shape index (κ2) is 8.41. The molecule has 2 aromatic rings. The Balaban J connectivity index is 1.74. The number of nitrogens with zero attached hydrogens (tertiary/aromatic N) is 2. The number of anilines is 1. The van der Waals surface area contributed by atoms with Crippen LogP contribution in [0, 0.1) is 0 Å². The number of amides is 1. The van der Waals surface area contributed by atoms with Crippen molar-refractivity contribution in [2.24, 2.45) is 0 Å². The van der Waals surface area contributed by atoms with E-state index in [-0.39, 0.29) is 10.8 Å². The van der Waals surface area contributed by atoms with Crippen molar-refractivity contribution in [2.75, 3.05) is 19.4 Å². The number of carbonyl (C=O) groups excluding carboxylic acids is 1. The van der Waals surface area contributed by atoms with Crippen LogP contribution in [0.1, 0.15) is 36.0 Å². The van der Waals surface area contributed by atoms with Crippen LogP contribution < -0.4 is 5.32 Å². The number of sulfonamides is 1. The minimum absolute atomic E-state index is 0.185. The fraction of sp³-hybridized carbons (Fsp3) is 0.368. The van der Waals surface area contributed by atoms with E-state index in [4.69, 9.17) is 0 Å². The highest BCUT2D eigenvalue weighted by Crippen LogP contribution is 2.35. The van der Waals surface area contributed by atoms with Crippen LogP contribution >= 0.6 is 11.8 Å². The largest absolute Gasteiger partial charge is 0.322 e. The number of pyridine rings is 1. The molecule has 8 heteroatoms. The SMILES string of the molecule is CN(C)S(=O)(=O)c1ccc(NC(=O)c2cccnc2SC2CCCC2)cc1. The third-order valence-electron chi connectivity index (χ3n) is 4.49. The Kier molecular flexibility index (Phi) is 6.18. The average molecular weight is 406 g/mol. The Morgan fingerprint density at radius 2 is 1.81 bits per heavy atom. The van der Waals surface area contributed by atoms with E-state index < -0.39 is 10.0 Å². The number of carbonyl (C=O) groups is 1. The first-order valence-corrected chi connectivity index (χ1v) is 11.2. The predicted octanol–water partition coefficient (Wildman–Crippen LogP) is 3.62. The Morgan fingerprint density at radius 1 is 1.15 bits per heavy atom. The highest BCUT2D eigenvalue weighted by Gasteiger charge is 2.21. The molecular weight excluding hydrogens is 382 g/mol. The highest BCUT2D eigenvalue weighted by atomic mass is 32.2. The summed E-state index contributed by atoms with van der Waals surface area (Å²) < 4.78 is 25.4. The van der Waals surface area contributed by atoms with Gasteiger partial charge in [0, 0.05) is 31.2 Å². The van der Waals surface area contributed by atoms with Gasteiger partial charge in [-0.3, -0.25) is 4.79 Å². The van der Waals surface area contributed by atoms with Crippen LogP contribution in [0.4, 0.5) is 5.69 Å². The summed E-state index contributed by atoms with van der Waals surface area (Å²) in [6.07, 6.45) is 6.48. The zero-order valence-corrected chi connectivity index (χ0v) is 17.0. The van der Waals surface area contributed by atoms with Gasteiger partial charge in [0.15, 0.2) is 0 Å². The second-order valence-corrected chi connectivity index (χ2v) is 10.1. The third kappa shape index (κ3) is 4.69. The molecule has 1 heterocycles. The Morgan fingerprint density at radius 3 is 2.44 bits per heavy atom. The third-order valence-corrected chi connectivity index (χ3v) is 7.67. The minimum Gasteiger partial charge on any atom is -0.322 e. The molecule has 1 saturated carbocycles. The number of nitrogens with one attached hydrogen (secondary N) is 1. The number of rotatable bonds is 6. The smallest absolute Gasteiger partial charge is 0.258 e. The van der Waals surface area contributed by atoms with Gasteiger partial charge in [0.1, 0.15) is 5.03 Å². The lowest BCUT2D eigenvalue weighted by molar-refractivity contribution is 0.102. The molecule has 1 aromatic heterocycles. The number of aromatic nitrogens is 1. The number of thioether (sulfide) groups is 1. The minimum atomic E-state index is -3.49. The molecule has 0 saturated heterocycles. The van der Waals surface area contributed by atoms with E-state index in [9.17, 15) is 13.2 Å². The van der Waals surface area contributed by atoms with Gasteiger partial charge in [-0.05, 0) is 49.2 Å². The van der Waals surface area contributed by atoms with Crippen molar-refractivity contribution in [2.45, 2.75) is 40.9 Å². The monoisotopic (exact) mass is 405 g/mol. The van der Waals surface area contributed by atoms with Crippen LogP contribution in [0.25, 0.3) is 0 Å². The molecule has 0 aliphatic heterocycles. The molecule has 3 rings (SSSR count). The van der Waals surface area contributed by atoms with Crippen LogP contribution in [0.15, 0.2) is 52.5 Å². The summed E-state index contributed by atoms with van der Waals surface area (Å²) >= 11 is 1.67. The van der Waals surface area contributed by atoms with E-state index in [0.29, 0.717) is 16.5 Å². The average Bonchev–Trinajstić information content (AvgIpc) is 3.15. The molecule has 1 N–H and O–H groups in total. The van der Waals surface area contributed by atoms with Gasteiger partial charge >= 0.3 is 0 Å². The summed E-state index contributed by atoms with van der Waals surface area (Å²) in [5, 5.41) is 4.09. The standard InChI is InChI=1S/C19H23N3O3S2/c1-22(2)27(24,25)16-11-9-14(10-12-16)21-18(23)17-8-5-13-20-19(17)26-15-6-3-4-7-15/h5,8-13,15H,3-4,6-7H2,1-2H3,(H,21,23). The molecule has 1 amide bonds. The molecule has 6 nitrogen and oxygen atoms in total. The van der Waals surface area contributed by atoms with Crippen molar-refractivity contribution in [3.63, 3.8) is 0 Å². The van der Waals surface area contributed by atoms with Crippen LogP contribution in [-0.4, -0.2) is 43.0 Å². The zero-order valence-electron chi connectivity index (χ0n) is 15.4. The van der Waals surface area contributed by atoms with Gasteiger partial charge < -0.3 is 5.32 Å². The lowest BCUT2D eigenvalue weighted by atomic mass is 10.2. The highest BCUT2D eigenvalue weighted by molar-refractivity contribution is 8.00. The summed E-state index contributed by atoms with van der Waals surface area (Å²) in [5.41, 5.74) is 1.08. The first-order chi connectivity index (χ1) is 12.9. The van der Waals surface area contributed by atoms with Crippen LogP contribution in [0.5, 0.6) is 0 Å². The molecule has 0 atom stereocenters. The first kappa shape index (κ1) is 19.9. The maximum absolute atomic E-state index is 12.7. The van der Waals surface area contributed by atoms with Crippen molar-refractivity contribution < 1.29 is 13.2 Å². The van der Waals surface area contributed by atoms with Crippen molar-refractivity contribution in [3.05, 3.63) is 48.2 Å². The van der Waals surface area contributed by atoms with E-state index in [2.05, 4.69) is 10.3 Å². The van der Waals surface area contributed by atoms with Gasteiger partial charge in [-0.1, -0.05) is 12.8 Å². The van der Waals surface area contributed by atoms with Crippen molar-refractivity contribution >= 4 is 33.4 Å². The predicted molar refractivity (Wildman–Crippen MR) is 108 cm³/mol. The van der Waals surface area contributed by atoms with Gasteiger partial charge in [-0.25, -0.2) is 17.7 Å². The molecule has 0 unspecified atom stereocenters. The van der Waals surface area contributed by atoms with E-state index >= 15 is 0 Å². The number of hydrogen-bond acceptors (Lipinski definition) is 5. The van der Waals surface area contributed by atoms with Crippen molar-refractivity contribution in [3.8, 4) is 0 Å². The molecular formula is C19H23N3O3S2. The molecule has 144 valence electrons. The normalized spacial score (nSPS) is 15.2. The van der Waals surface area contributed by atoms with Gasteiger partial charge in [0.25, 0.3) is 5.91 Å². The topological polar surface area (TPSA) is 79.4 Å². The molecule has 1 aromatic carbocycles. The van der Waals surface area contributed by atoms with Crippen LogP contribution in [0.2, 0.25) is 0 Å².